The maximum atomic E-state index is 12.4. The molecule has 0 saturated carbocycles. The largest absolute Gasteiger partial charge is 0.416 e. The Morgan fingerprint density at radius 3 is 2.05 bits per heavy atom. The molecular formula is C11H10F6N2O2. The molecule has 0 fully saturated rings. The van der Waals surface area contributed by atoms with Crippen molar-refractivity contribution in [2.75, 3.05) is 13.7 Å². The van der Waals surface area contributed by atoms with Crippen molar-refractivity contribution in [3.8, 4) is 0 Å². The molecule has 1 rings (SSSR count). The van der Waals surface area contributed by atoms with E-state index in [-0.39, 0.29) is 5.56 Å². The molecule has 21 heavy (non-hydrogen) atoms. The van der Waals surface area contributed by atoms with Gasteiger partial charge in [0.15, 0.2) is 6.23 Å². The van der Waals surface area contributed by atoms with E-state index < -0.39 is 30.8 Å². The van der Waals surface area contributed by atoms with Gasteiger partial charge in [-0.05, 0) is 12.1 Å². The lowest BCUT2D eigenvalue weighted by molar-refractivity contribution is -0.203. The van der Waals surface area contributed by atoms with E-state index in [2.05, 4.69) is 10.0 Å². The monoisotopic (exact) mass is 316 g/mol. The van der Waals surface area contributed by atoms with E-state index in [1.54, 1.807) is 0 Å². The van der Waals surface area contributed by atoms with Gasteiger partial charge in [0, 0.05) is 12.6 Å². The smallest absolute Gasteiger partial charge is 0.343 e. The van der Waals surface area contributed by atoms with E-state index in [1.165, 1.54) is 0 Å². The molecule has 4 nitrogen and oxygen atoms in total. The molecule has 0 saturated heterocycles. The zero-order chi connectivity index (χ0) is 16.3. The molecule has 0 amide bonds. The van der Waals surface area contributed by atoms with Crippen molar-refractivity contribution in [3.63, 3.8) is 0 Å². The van der Waals surface area contributed by atoms with E-state index in [0.717, 1.165) is 19.2 Å². The molecule has 0 N–H and O–H groups in total. The third-order valence-corrected chi connectivity index (χ3v) is 2.40. The lowest BCUT2D eigenvalue weighted by atomic mass is 10.1. The van der Waals surface area contributed by atoms with Crippen LogP contribution in [0.15, 0.2) is 29.6 Å². The van der Waals surface area contributed by atoms with Crippen molar-refractivity contribution in [1.82, 2.24) is 5.01 Å². The third kappa shape index (κ3) is 5.21. The van der Waals surface area contributed by atoms with Crippen LogP contribution in [0.25, 0.3) is 0 Å². The normalized spacial score (nSPS) is 13.9. The Balaban J connectivity index is 2.96. The first-order valence-corrected chi connectivity index (χ1v) is 5.46. The Hall–Kier alpha value is -1.84. The van der Waals surface area contributed by atoms with Crippen LogP contribution in [0, 0.1) is 4.91 Å². The summed E-state index contributed by atoms with van der Waals surface area (Å²) in [5.74, 6) is 0. The van der Waals surface area contributed by atoms with Crippen LogP contribution in [0.2, 0.25) is 0 Å². The average molecular weight is 316 g/mol. The second-order valence-electron chi connectivity index (χ2n) is 4.05. The van der Waals surface area contributed by atoms with Gasteiger partial charge in [0.1, 0.15) is 6.61 Å². The Labute approximate surface area is 115 Å². The molecule has 0 radical (unpaired) electrons. The topological polar surface area (TPSA) is 41.9 Å². The summed E-state index contributed by atoms with van der Waals surface area (Å²) in [7, 11) is 1.05. The van der Waals surface area contributed by atoms with E-state index in [4.69, 9.17) is 0 Å². The molecule has 0 spiro atoms. The Morgan fingerprint density at radius 1 is 1.14 bits per heavy atom. The predicted octanol–water partition coefficient (Wildman–Crippen LogP) is 3.90. The minimum absolute atomic E-state index is 0.0608. The lowest BCUT2D eigenvalue weighted by Gasteiger charge is -2.24. The van der Waals surface area contributed by atoms with Gasteiger partial charge in [0.25, 0.3) is 0 Å². The Bertz CT molecular complexity index is 471. The van der Waals surface area contributed by atoms with Gasteiger partial charge in [-0.15, -0.1) is 4.91 Å². The van der Waals surface area contributed by atoms with Crippen LogP contribution < -0.4 is 0 Å². The summed E-state index contributed by atoms with van der Waals surface area (Å²) >= 11 is 0. The van der Waals surface area contributed by atoms with Gasteiger partial charge in [-0.2, -0.15) is 26.3 Å². The zero-order valence-electron chi connectivity index (χ0n) is 10.6. The molecule has 10 heteroatoms. The molecule has 1 aromatic carbocycles. The molecular weight excluding hydrogens is 306 g/mol. The van der Waals surface area contributed by atoms with E-state index in [1.807, 2.05) is 0 Å². The minimum atomic E-state index is -4.64. The van der Waals surface area contributed by atoms with Crippen molar-refractivity contribution in [1.29, 1.82) is 0 Å². The first-order valence-electron chi connectivity index (χ1n) is 5.46. The molecule has 1 aromatic rings. The quantitative estimate of drug-likeness (QED) is 0.358. The molecule has 1 unspecified atom stereocenters. The first kappa shape index (κ1) is 17.2. The zero-order valence-corrected chi connectivity index (χ0v) is 10.6. The summed E-state index contributed by atoms with van der Waals surface area (Å²) in [5, 5.41) is 2.94. The van der Waals surface area contributed by atoms with Gasteiger partial charge >= 0.3 is 12.4 Å². The first-order chi connectivity index (χ1) is 9.54. The highest BCUT2D eigenvalue weighted by Gasteiger charge is 2.33. The van der Waals surface area contributed by atoms with Gasteiger partial charge in [-0.3, -0.25) is 0 Å². The van der Waals surface area contributed by atoms with Crippen LogP contribution in [-0.2, 0) is 10.9 Å². The van der Waals surface area contributed by atoms with Crippen molar-refractivity contribution in [2.45, 2.75) is 18.6 Å². The summed E-state index contributed by atoms with van der Waals surface area (Å²) in [5.41, 5.74) is -1.03. The van der Waals surface area contributed by atoms with Gasteiger partial charge in [0.05, 0.1) is 10.8 Å². The number of nitroso groups, excluding NO2 is 1. The molecule has 0 aliphatic carbocycles. The molecule has 0 aliphatic heterocycles. The van der Waals surface area contributed by atoms with Crippen LogP contribution in [0.5, 0.6) is 0 Å². The van der Waals surface area contributed by atoms with Crippen LogP contribution in [0.3, 0.4) is 0 Å². The molecule has 0 heterocycles. The van der Waals surface area contributed by atoms with Crippen LogP contribution in [0.1, 0.15) is 17.4 Å². The Kier molecular flexibility index (Phi) is 5.15. The molecule has 0 aromatic heterocycles. The summed E-state index contributed by atoms with van der Waals surface area (Å²) < 4.78 is 78.0. The van der Waals surface area contributed by atoms with Crippen molar-refractivity contribution in [2.24, 2.45) is 5.29 Å². The fourth-order valence-corrected chi connectivity index (χ4v) is 1.47. The summed E-state index contributed by atoms with van der Waals surface area (Å²) in [6, 6.07) is 3.20. The molecule has 118 valence electrons. The number of nitrogens with zero attached hydrogens (tertiary/aromatic N) is 2. The van der Waals surface area contributed by atoms with Gasteiger partial charge in [-0.1, -0.05) is 12.1 Å². The summed E-state index contributed by atoms with van der Waals surface area (Å²) in [6.45, 7) is -1.67. The highest BCUT2D eigenvalue weighted by molar-refractivity contribution is 5.25. The van der Waals surface area contributed by atoms with Crippen LogP contribution >= 0.6 is 0 Å². The SMILES string of the molecule is CN(N=O)C(OCC(F)(F)F)c1ccc(C(F)(F)F)cc1. The number of rotatable bonds is 5. The number of alkyl halides is 6. The highest BCUT2D eigenvalue weighted by Crippen LogP contribution is 2.31. The highest BCUT2D eigenvalue weighted by atomic mass is 19.4. The lowest BCUT2D eigenvalue weighted by Crippen LogP contribution is -2.27. The number of benzene rings is 1. The van der Waals surface area contributed by atoms with Crippen molar-refractivity contribution >= 4 is 0 Å². The number of ether oxygens (including phenoxy) is 1. The van der Waals surface area contributed by atoms with Gasteiger partial charge in [-0.25, -0.2) is 5.01 Å². The van der Waals surface area contributed by atoms with Gasteiger partial charge < -0.3 is 4.74 Å². The molecule has 0 aliphatic rings. The van der Waals surface area contributed by atoms with E-state index in [0.29, 0.717) is 17.1 Å². The van der Waals surface area contributed by atoms with Crippen LogP contribution in [0.4, 0.5) is 26.3 Å². The van der Waals surface area contributed by atoms with Gasteiger partial charge in [0.2, 0.25) is 0 Å². The maximum Gasteiger partial charge on any atom is 0.416 e. The van der Waals surface area contributed by atoms with E-state index in [9.17, 15) is 31.2 Å². The van der Waals surface area contributed by atoms with Crippen molar-refractivity contribution < 1.29 is 31.1 Å². The fourth-order valence-electron chi connectivity index (χ4n) is 1.47. The predicted molar refractivity (Wildman–Crippen MR) is 59.8 cm³/mol. The summed E-state index contributed by atoms with van der Waals surface area (Å²) in [4.78, 5) is 10.4. The molecule has 0 bridgehead atoms. The summed E-state index contributed by atoms with van der Waals surface area (Å²) in [6.07, 6.45) is -10.8. The fraction of sp³-hybridized carbons (Fsp3) is 0.455. The van der Waals surface area contributed by atoms with E-state index >= 15 is 0 Å². The standard InChI is InChI=1S/C11H10F6N2O2/c1-19(18-20)9(21-6-10(12,13)14)7-2-4-8(5-3-7)11(15,16)17/h2-5,9H,6H2,1H3. The maximum absolute atomic E-state index is 12.4. The van der Waals surface area contributed by atoms with Crippen molar-refractivity contribution in [3.05, 3.63) is 40.3 Å². The second kappa shape index (κ2) is 6.29. The average Bonchev–Trinajstić information content (AvgIpc) is 2.36. The number of hydrogen-bond acceptors (Lipinski definition) is 3. The third-order valence-electron chi connectivity index (χ3n) is 2.40. The number of hydrogen-bond donors (Lipinski definition) is 0. The van der Waals surface area contributed by atoms with Crippen LogP contribution in [-0.4, -0.2) is 24.8 Å². The second-order valence-corrected chi connectivity index (χ2v) is 4.05. The minimum Gasteiger partial charge on any atom is -0.343 e. The molecule has 1 atom stereocenters. The Morgan fingerprint density at radius 2 is 1.67 bits per heavy atom. The number of halogens is 6.